The number of ether oxygens (including phenoxy) is 2. The van der Waals surface area contributed by atoms with Crippen LogP contribution < -0.4 is 15.4 Å². The van der Waals surface area contributed by atoms with E-state index >= 15 is 0 Å². The molecule has 2 heterocycles. The summed E-state index contributed by atoms with van der Waals surface area (Å²) in [6.45, 7) is 4.40. The third kappa shape index (κ3) is 5.19. The van der Waals surface area contributed by atoms with Gasteiger partial charge in [0.25, 0.3) is 5.91 Å². The van der Waals surface area contributed by atoms with Crippen molar-refractivity contribution in [1.82, 2.24) is 14.5 Å². The lowest BCUT2D eigenvalue weighted by Crippen LogP contribution is -2.40. The van der Waals surface area contributed by atoms with Crippen molar-refractivity contribution in [3.05, 3.63) is 18.2 Å². The van der Waals surface area contributed by atoms with Gasteiger partial charge in [-0.2, -0.15) is 4.31 Å². The minimum absolute atomic E-state index is 0.0910. The normalized spacial score (nSPS) is 19.9. The van der Waals surface area contributed by atoms with Gasteiger partial charge in [-0.1, -0.05) is 13.8 Å². The molecule has 0 aromatic heterocycles. The largest absolute Gasteiger partial charge is 0.495 e. The Morgan fingerprint density at radius 3 is 2.59 bits per heavy atom. The molecule has 4 amide bonds. The molecule has 0 spiro atoms. The monoisotopic (exact) mass is 468 g/mol. The van der Waals surface area contributed by atoms with E-state index in [0.717, 1.165) is 4.90 Å². The van der Waals surface area contributed by atoms with E-state index in [0.29, 0.717) is 19.6 Å². The van der Waals surface area contributed by atoms with Crippen molar-refractivity contribution in [1.29, 1.82) is 0 Å². The molecule has 0 bridgehead atoms. The van der Waals surface area contributed by atoms with Gasteiger partial charge in [0.1, 0.15) is 23.2 Å². The molecule has 2 fully saturated rings. The minimum atomic E-state index is -3.87. The highest BCUT2D eigenvalue weighted by atomic mass is 32.2. The molecule has 2 saturated heterocycles. The van der Waals surface area contributed by atoms with Crippen LogP contribution in [0.5, 0.6) is 5.75 Å². The Bertz CT molecular complexity index is 990. The van der Waals surface area contributed by atoms with Gasteiger partial charge in [0, 0.05) is 18.8 Å². The Morgan fingerprint density at radius 1 is 1.28 bits per heavy atom. The number of morpholine rings is 1. The Hall–Kier alpha value is -2.70. The topological polar surface area (TPSA) is 134 Å². The van der Waals surface area contributed by atoms with Crippen molar-refractivity contribution in [2.75, 3.05) is 45.3 Å². The molecule has 1 atom stereocenters. The predicted molar refractivity (Wildman–Crippen MR) is 115 cm³/mol. The molecule has 3 rings (SSSR count). The maximum atomic E-state index is 13.1. The Labute approximate surface area is 187 Å². The number of rotatable bonds is 8. The van der Waals surface area contributed by atoms with E-state index in [9.17, 15) is 22.8 Å². The summed E-state index contributed by atoms with van der Waals surface area (Å²) in [7, 11) is -2.52. The van der Waals surface area contributed by atoms with E-state index in [1.165, 1.54) is 29.6 Å². The average molecular weight is 469 g/mol. The summed E-state index contributed by atoms with van der Waals surface area (Å²) in [5, 5.41) is 5.14. The third-order valence-corrected chi connectivity index (χ3v) is 7.07. The second-order valence-electron chi connectivity index (χ2n) is 7.99. The summed E-state index contributed by atoms with van der Waals surface area (Å²) >= 11 is 0. The molecule has 2 aliphatic rings. The van der Waals surface area contributed by atoms with E-state index in [4.69, 9.17) is 9.47 Å². The summed E-state index contributed by atoms with van der Waals surface area (Å²) in [6.07, 6.45) is 0.476. The Morgan fingerprint density at radius 2 is 1.97 bits per heavy atom. The molecular formula is C20H28N4O7S. The van der Waals surface area contributed by atoms with Crippen LogP contribution in [0.15, 0.2) is 23.1 Å². The van der Waals surface area contributed by atoms with Crippen LogP contribution in [0.25, 0.3) is 0 Å². The van der Waals surface area contributed by atoms with Crippen molar-refractivity contribution in [3.63, 3.8) is 0 Å². The van der Waals surface area contributed by atoms with Gasteiger partial charge in [0.05, 0.1) is 20.3 Å². The summed E-state index contributed by atoms with van der Waals surface area (Å²) in [4.78, 5) is 37.8. The fraction of sp³-hybridized carbons (Fsp3) is 0.550. The number of carbonyl (C=O) groups excluding carboxylic acids is 3. The predicted octanol–water partition coefficient (Wildman–Crippen LogP) is 0.621. The van der Waals surface area contributed by atoms with Gasteiger partial charge in [-0.25, -0.2) is 13.2 Å². The minimum Gasteiger partial charge on any atom is -0.495 e. The second-order valence-corrected chi connectivity index (χ2v) is 9.89. The summed E-state index contributed by atoms with van der Waals surface area (Å²) in [6, 6.07) is 2.95. The number of methoxy groups -OCH3 is 1. The Kier molecular flexibility index (Phi) is 7.36. The van der Waals surface area contributed by atoms with E-state index < -0.39 is 40.5 Å². The number of amides is 4. The maximum Gasteiger partial charge on any atom is 0.325 e. The highest BCUT2D eigenvalue weighted by molar-refractivity contribution is 7.89. The van der Waals surface area contributed by atoms with Crippen LogP contribution >= 0.6 is 0 Å². The quantitative estimate of drug-likeness (QED) is 0.534. The van der Waals surface area contributed by atoms with Gasteiger partial charge >= 0.3 is 6.03 Å². The molecule has 2 aliphatic heterocycles. The number of nitrogens with zero attached hydrogens (tertiary/aromatic N) is 2. The van der Waals surface area contributed by atoms with Crippen LogP contribution in [0.3, 0.4) is 0 Å². The summed E-state index contributed by atoms with van der Waals surface area (Å²) in [5.74, 6) is -0.743. The number of anilines is 1. The zero-order valence-corrected chi connectivity index (χ0v) is 19.1. The van der Waals surface area contributed by atoms with Gasteiger partial charge < -0.3 is 20.1 Å². The van der Waals surface area contributed by atoms with Gasteiger partial charge in [-0.05, 0) is 30.5 Å². The maximum absolute atomic E-state index is 13.1. The second kappa shape index (κ2) is 9.84. The van der Waals surface area contributed by atoms with Gasteiger partial charge in [-0.3, -0.25) is 14.5 Å². The number of hydrogen-bond acceptors (Lipinski definition) is 7. The van der Waals surface area contributed by atoms with Crippen molar-refractivity contribution in [2.45, 2.75) is 31.2 Å². The van der Waals surface area contributed by atoms with Crippen LogP contribution in [0.2, 0.25) is 0 Å². The highest BCUT2D eigenvalue weighted by Gasteiger charge is 2.39. The van der Waals surface area contributed by atoms with Crippen LogP contribution in [-0.2, 0) is 24.3 Å². The molecule has 1 aromatic carbocycles. The van der Waals surface area contributed by atoms with Crippen LogP contribution in [0, 0.1) is 5.92 Å². The van der Waals surface area contributed by atoms with E-state index in [1.807, 2.05) is 13.8 Å². The first kappa shape index (κ1) is 24.0. The summed E-state index contributed by atoms with van der Waals surface area (Å²) < 4.78 is 37.8. The SMILES string of the molecule is COc1ccc(NC(=O)CN2C(=O)N[C@@H](CC(C)C)C2=O)cc1S(=O)(=O)N1CCOCC1. The number of benzene rings is 1. The molecule has 11 nitrogen and oxygen atoms in total. The number of imide groups is 1. The van der Waals surface area contributed by atoms with Gasteiger partial charge in [0.15, 0.2) is 0 Å². The van der Waals surface area contributed by atoms with Crippen molar-refractivity contribution in [3.8, 4) is 5.75 Å². The first-order valence-corrected chi connectivity index (χ1v) is 11.7. The van der Waals surface area contributed by atoms with Gasteiger partial charge in [-0.15, -0.1) is 0 Å². The van der Waals surface area contributed by atoms with E-state index in [-0.39, 0.29) is 35.3 Å². The first-order chi connectivity index (χ1) is 15.1. The molecule has 0 saturated carbocycles. The van der Waals surface area contributed by atoms with Crippen molar-refractivity contribution < 1.29 is 32.3 Å². The molecule has 0 unspecified atom stereocenters. The standard InChI is InChI=1S/C20H28N4O7S/c1-13(2)10-15-19(26)24(20(27)22-15)12-18(25)21-14-4-5-16(30-3)17(11-14)32(28,29)23-6-8-31-9-7-23/h4-5,11,13,15H,6-10,12H2,1-3H3,(H,21,25)(H,22,27)/t15-/m0/s1. The van der Waals surface area contributed by atoms with Crippen molar-refractivity contribution in [2.24, 2.45) is 5.92 Å². The lowest BCUT2D eigenvalue weighted by molar-refractivity contribution is -0.131. The molecule has 32 heavy (non-hydrogen) atoms. The number of carbonyl (C=O) groups is 3. The highest BCUT2D eigenvalue weighted by Crippen LogP contribution is 2.30. The summed E-state index contributed by atoms with van der Waals surface area (Å²) in [5.41, 5.74) is 0.202. The van der Waals surface area contributed by atoms with Crippen LogP contribution in [0.4, 0.5) is 10.5 Å². The molecule has 0 aliphatic carbocycles. The molecular weight excluding hydrogens is 440 g/mol. The zero-order valence-electron chi connectivity index (χ0n) is 18.3. The van der Waals surface area contributed by atoms with E-state index in [1.54, 1.807) is 0 Å². The number of hydrogen-bond donors (Lipinski definition) is 2. The lowest BCUT2D eigenvalue weighted by atomic mass is 10.0. The molecule has 2 N–H and O–H groups in total. The fourth-order valence-corrected chi connectivity index (χ4v) is 5.17. The number of sulfonamides is 1. The van der Waals surface area contributed by atoms with E-state index in [2.05, 4.69) is 10.6 Å². The smallest absolute Gasteiger partial charge is 0.325 e. The van der Waals surface area contributed by atoms with Crippen molar-refractivity contribution >= 4 is 33.6 Å². The zero-order chi connectivity index (χ0) is 23.5. The first-order valence-electron chi connectivity index (χ1n) is 10.3. The third-order valence-electron chi connectivity index (χ3n) is 5.15. The lowest BCUT2D eigenvalue weighted by Gasteiger charge is -2.26. The fourth-order valence-electron chi connectivity index (χ4n) is 3.58. The average Bonchev–Trinajstić information content (AvgIpc) is 3.01. The Balaban J connectivity index is 1.74. The molecule has 0 radical (unpaired) electrons. The number of nitrogens with one attached hydrogen (secondary N) is 2. The molecule has 1 aromatic rings. The van der Waals surface area contributed by atoms with Gasteiger partial charge in [0.2, 0.25) is 15.9 Å². The molecule has 176 valence electrons. The van der Waals surface area contributed by atoms with Crippen LogP contribution in [0.1, 0.15) is 20.3 Å². The number of urea groups is 1. The van der Waals surface area contributed by atoms with Crippen LogP contribution in [-0.4, -0.2) is 81.5 Å². The molecule has 12 heteroatoms.